The summed E-state index contributed by atoms with van der Waals surface area (Å²) >= 11 is 10.3. The highest BCUT2D eigenvalue weighted by atomic mass is 35.6. The highest BCUT2D eigenvalue weighted by molar-refractivity contribution is 7.99. The molecule has 1 amide bonds. The van der Waals surface area contributed by atoms with E-state index in [1.807, 2.05) is 35.2 Å². The first kappa shape index (κ1) is 25.1. The average molecular weight is 498 g/mol. The predicted octanol–water partition coefficient (Wildman–Crippen LogP) is 4.48. The molecule has 1 unspecified atom stereocenters. The van der Waals surface area contributed by atoms with Crippen molar-refractivity contribution < 1.29 is 13.4 Å². The third-order valence-corrected chi connectivity index (χ3v) is 7.04. The molecular weight excluding hydrogens is 469 g/mol. The van der Waals surface area contributed by atoms with E-state index in [2.05, 4.69) is 62.6 Å². The molecule has 0 spiro atoms. The third kappa shape index (κ3) is 6.53. The van der Waals surface area contributed by atoms with Crippen LogP contribution in [0.5, 0.6) is 5.75 Å². The lowest BCUT2D eigenvalue weighted by atomic mass is 9.99. The molecule has 1 saturated heterocycles. The lowest BCUT2D eigenvalue weighted by molar-refractivity contribution is -0.119. The third-order valence-electron chi connectivity index (χ3n) is 5.88. The largest absolute Gasteiger partial charge is 0.497 e. The summed E-state index contributed by atoms with van der Waals surface area (Å²) in [6.07, 6.45) is 0. The van der Waals surface area contributed by atoms with Gasteiger partial charge in [0.05, 0.1) is 42.4 Å². The second kappa shape index (κ2) is 12.7. The van der Waals surface area contributed by atoms with Gasteiger partial charge >= 0.3 is 0 Å². The summed E-state index contributed by atoms with van der Waals surface area (Å²) in [5.41, 5.74) is 2.10. The lowest BCUT2D eigenvalue weighted by Crippen LogP contribution is -2.48. The molecule has 174 valence electrons. The molecule has 2 aliphatic heterocycles. The lowest BCUT2D eigenvalue weighted by Gasteiger charge is -2.34. The van der Waals surface area contributed by atoms with Gasteiger partial charge in [-0.25, -0.2) is 0 Å². The number of methoxy groups -OCH3 is 1. The van der Waals surface area contributed by atoms with E-state index in [0.717, 1.165) is 62.0 Å². The number of hydrogen-bond acceptors (Lipinski definition) is 6. The van der Waals surface area contributed by atoms with Gasteiger partial charge in [0.2, 0.25) is 5.91 Å². The topological polar surface area (TPSA) is 45.2 Å². The molecule has 0 aliphatic carbocycles. The van der Waals surface area contributed by atoms with Gasteiger partial charge in [0, 0.05) is 49.9 Å². The van der Waals surface area contributed by atoms with E-state index in [1.165, 1.54) is 4.90 Å². The summed E-state index contributed by atoms with van der Waals surface area (Å²) in [6.45, 7) is 5.96. The first-order chi connectivity index (χ1) is 15.6. The first-order valence-electron chi connectivity index (χ1n) is 10.5. The van der Waals surface area contributed by atoms with E-state index in [4.69, 9.17) is 4.74 Å². The fraction of sp³-hybridized carbons (Fsp3) is 0.435. The molecule has 0 radical (unpaired) electrons. The minimum atomic E-state index is -0.147. The molecule has 0 N–H and O–H groups in total. The van der Waals surface area contributed by atoms with Crippen molar-refractivity contribution in [1.82, 2.24) is 9.80 Å². The Morgan fingerprint density at radius 3 is 2.31 bits per heavy atom. The molecule has 32 heavy (non-hydrogen) atoms. The summed E-state index contributed by atoms with van der Waals surface area (Å²) in [6, 6.07) is 16.2. The van der Waals surface area contributed by atoms with Crippen LogP contribution in [0.4, 0.5) is 5.69 Å². The van der Waals surface area contributed by atoms with Crippen LogP contribution in [0.1, 0.15) is 11.5 Å². The van der Waals surface area contributed by atoms with E-state index in [-0.39, 0.29) is 11.8 Å². The highest BCUT2D eigenvalue weighted by Crippen LogP contribution is 2.39. The number of halogens is 2. The van der Waals surface area contributed by atoms with Crippen molar-refractivity contribution in [3.8, 4) is 5.75 Å². The Kier molecular flexibility index (Phi) is 9.96. The number of ether oxygens (including phenoxy) is 1. The summed E-state index contributed by atoms with van der Waals surface area (Å²) in [5.74, 6) is 1.62. The van der Waals surface area contributed by atoms with Crippen LogP contribution < -0.4 is 9.64 Å². The number of anilines is 1. The molecule has 6 nitrogen and oxygen atoms in total. The van der Waals surface area contributed by atoms with E-state index in [1.54, 1.807) is 18.9 Å². The quantitative estimate of drug-likeness (QED) is 0.606. The molecule has 2 aliphatic rings. The van der Waals surface area contributed by atoms with Crippen molar-refractivity contribution in [2.45, 2.75) is 10.8 Å². The van der Waals surface area contributed by atoms with Crippen LogP contribution in [0.15, 0.2) is 53.4 Å². The maximum atomic E-state index is 13.6. The van der Waals surface area contributed by atoms with Gasteiger partial charge in [-0.3, -0.25) is 9.69 Å². The molecule has 0 bridgehead atoms. The second-order valence-electron chi connectivity index (χ2n) is 7.80. The van der Waals surface area contributed by atoms with Crippen LogP contribution in [-0.4, -0.2) is 74.9 Å². The van der Waals surface area contributed by atoms with E-state index >= 15 is 0 Å². The van der Waals surface area contributed by atoms with Crippen LogP contribution >= 0.6 is 35.5 Å². The Morgan fingerprint density at radius 2 is 1.66 bits per heavy atom. The minimum Gasteiger partial charge on any atom is -0.497 e. The van der Waals surface area contributed by atoms with Gasteiger partial charge in [-0.1, -0.05) is 24.3 Å². The van der Waals surface area contributed by atoms with Crippen LogP contribution in [0, 0.1) is 0 Å². The monoisotopic (exact) mass is 497 g/mol. The first-order valence-corrected chi connectivity index (χ1v) is 12.1. The van der Waals surface area contributed by atoms with E-state index in [9.17, 15) is 4.79 Å². The number of nitrogens with zero attached hydrogens (tertiary/aromatic N) is 3. The number of rotatable bonds is 5. The van der Waals surface area contributed by atoms with Crippen molar-refractivity contribution in [2.24, 2.45) is 0 Å². The van der Waals surface area contributed by atoms with Crippen LogP contribution in [0.2, 0.25) is 0 Å². The summed E-state index contributed by atoms with van der Waals surface area (Å²) in [4.78, 5) is 21.7. The fourth-order valence-corrected chi connectivity index (χ4v) is 5.15. The molecule has 2 aromatic rings. The number of fused-ring (bicyclic) bond motifs is 1. The molecular formula is C23H29Cl2N3O3S. The Hall–Kier alpha value is -1.48. The number of carbonyl (C=O) groups is 1. The number of carbonyl (C=O) groups excluding carboxylic acids is 1. The number of thioether (sulfide) groups is 1. The zero-order chi connectivity index (χ0) is 22.9. The number of benzene rings is 2. The smallest absolute Gasteiger partial charge is 0.235 e. The number of hydrogen-bond donors (Lipinski definition) is 0. The van der Waals surface area contributed by atoms with Gasteiger partial charge in [0.1, 0.15) is 5.75 Å². The second-order valence-corrected chi connectivity index (χ2v) is 9.33. The standard InChI is InChI=1S/C23H29N3O2S.Cl2O/c1-24-11-13-25(14-12-24)15-16-26-21-5-3-4-6-22(21)29-17-20(23(26)27)18-7-9-19(28-2)10-8-18;1-3-2/h3-10,20H,11-17H2,1-2H3;. The fourth-order valence-electron chi connectivity index (χ4n) is 3.97. The van der Waals surface area contributed by atoms with Crippen molar-refractivity contribution in [3.05, 3.63) is 54.1 Å². The summed E-state index contributed by atoms with van der Waals surface area (Å²) in [5, 5.41) is 0. The van der Waals surface area contributed by atoms with Crippen molar-refractivity contribution >= 4 is 47.1 Å². The van der Waals surface area contributed by atoms with Crippen LogP contribution in [-0.2, 0) is 8.64 Å². The zero-order valence-electron chi connectivity index (χ0n) is 18.4. The molecule has 1 atom stereocenters. The molecule has 9 heteroatoms. The maximum Gasteiger partial charge on any atom is 0.235 e. The van der Waals surface area contributed by atoms with Crippen molar-refractivity contribution in [2.75, 3.05) is 64.1 Å². The van der Waals surface area contributed by atoms with E-state index < -0.39 is 0 Å². The Labute approximate surface area is 204 Å². The summed E-state index contributed by atoms with van der Waals surface area (Å²) in [7, 11) is 3.83. The van der Waals surface area contributed by atoms with E-state index in [0.29, 0.717) is 0 Å². The zero-order valence-corrected chi connectivity index (χ0v) is 20.7. The van der Waals surface area contributed by atoms with Gasteiger partial charge in [-0.2, -0.15) is 3.84 Å². The van der Waals surface area contributed by atoms with Gasteiger partial charge in [-0.15, -0.1) is 11.8 Å². The number of amides is 1. The average Bonchev–Trinajstić information content (AvgIpc) is 2.95. The molecule has 1 fully saturated rings. The van der Waals surface area contributed by atoms with Gasteiger partial charge in [-0.05, 0) is 36.9 Å². The molecule has 0 aromatic heterocycles. The molecule has 2 heterocycles. The molecule has 4 rings (SSSR count). The number of para-hydroxylation sites is 1. The molecule has 0 saturated carbocycles. The predicted molar refractivity (Wildman–Crippen MR) is 132 cm³/mol. The SMILES string of the molecule is COc1ccc(C2CSc3ccccc3N(CCN3CCN(C)CC3)C2=O)cc1.ClOCl. The highest BCUT2D eigenvalue weighted by Gasteiger charge is 2.32. The summed E-state index contributed by atoms with van der Waals surface area (Å²) < 4.78 is 8.48. The maximum absolute atomic E-state index is 13.6. The van der Waals surface area contributed by atoms with Gasteiger partial charge in [0.25, 0.3) is 0 Å². The van der Waals surface area contributed by atoms with Crippen LogP contribution in [0.25, 0.3) is 0 Å². The Morgan fingerprint density at radius 1 is 1.00 bits per heavy atom. The van der Waals surface area contributed by atoms with Gasteiger partial charge < -0.3 is 14.5 Å². The Balaban J connectivity index is 0.000000913. The van der Waals surface area contributed by atoms with Crippen molar-refractivity contribution in [1.29, 1.82) is 0 Å². The molecule has 2 aromatic carbocycles. The minimum absolute atomic E-state index is 0.147. The van der Waals surface area contributed by atoms with Gasteiger partial charge in [0.15, 0.2) is 0 Å². The normalized spacial score (nSPS) is 19.6. The number of likely N-dealkylation sites (N-methyl/N-ethyl adjacent to an activating group) is 1. The van der Waals surface area contributed by atoms with Crippen LogP contribution in [0.3, 0.4) is 0 Å². The Bertz CT molecular complexity index is 864. The number of piperazine rings is 1. The van der Waals surface area contributed by atoms with Crippen molar-refractivity contribution in [3.63, 3.8) is 0 Å².